The third-order valence-electron chi connectivity index (χ3n) is 3.91. The first-order valence-electron chi connectivity index (χ1n) is 7.73. The Morgan fingerprint density at radius 2 is 1.96 bits per heavy atom. The summed E-state index contributed by atoms with van der Waals surface area (Å²) in [5.74, 6) is 0.430. The van der Waals surface area contributed by atoms with E-state index in [-0.39, 0.29) is 12.5 Å². The number of nitrogens with one attached hydrogen (secondary N) is 2. The minimum absolute atomic E-state index is 0.0600. The number of aromatic nitrogens is 3. The summed E-state index contributed by atoms with van der Waals surface area (Å²) in [6, 6.07) is 13.3. The van der Waals surface area contributed by atoms with Crippen LogP contribution in [0.25, 0.3) is 11.4 Å². The van der Waals surface area contributed by atoms with Crippen LogP contribution >= 0.6 is 23.8 Å². The molecule has 0 saturated heterocycles. The van der Waals surface area contributed by atoms with E-state index in [1.807, 2.05) is 44.2 Å². The highest BCUT2D eigenvalue weighted by Crippen LogP contribution is 2.23. The Hall–Kier alpha value is -2.44. The van der Waals surface area contributed by atoms with E-state index in [0.29, 0.717) is 21.3 Å². The molecular formula is C18H17ClN4OS. The molecule has 1 amide bonds. The normalized spacial score (nSPS) is 10.7. The van der Waals surface area contributed by atoms with Crippen molar-refractivity contribution in [3.63, 3.8) is 0 Å². The second-order valence-electron chi connectivity index (χ2n) is 5.77. The Labute approximate surface area is 155 Å². The van der Waals surface area contributed by atoms with E-state index in [9.17, 15) is 4.79 Å². The lowest BCUT2D eigenvalue weighted by Crippen LogP contribution is -2.20. The van der Waals surface area contributed by atoms with E-state index >= 15 is 0 Å². The van der Waals surface area contributed by atoms with Crippen molar-refractivity contribution in [2.45, 2.75) is 20.4 Å². The summed E-state index contributed by atoms with van der Waals surface area (Å²) in [5, 5.41) is 10.5. The van der Waals surface area contributed by atoms with Crippen molar-refractivity contribution >= 4 is 35.4 Å². The van der Waals surface area contributed by atoms with Crippen LogP contribution < -0.4 is 5.32 Å². The SMILES string of the molecule is Cc1ccc(-c2n[nH]c(=S)n2CC(=O)Nc2cccc(Cl)c2C)cc1. The molecule has 0 atom stereocenters. The molecule has 1 aromatic heterocycles. The maximum absolute atomic E-state index is 12.5. The fourth-order valence-corrected chi connectivity index (χ4v) is 2.83. The number of H-pyrrole nitrogens is 1. The largest absolute Gasteiger partial charge is 0.324 e. The van der Waals surface area contributed by atoms with Gasteiger partial charge in [0.2, 0.25) is 5.91 Å². The second kappa shape index (κ2) is 7.21. The minimum atomic E-state index is -0.198. The van der Waals surface area contributed by atoms with Crippen LogP contribution in [-0.2, 0) is 11.3 Å². The summed E-state index contributed by atoms with van der Waals surface area (Å²) in [6.45, 7) is 3.94. The van der Waals surface area contributed by atoms with Crippen LogP contribution in [0.4, 0.5) is 5.69 Å². The molecular weight excluding hydrogens is 356 g/mol. The number of amides is 1. The van der Waals surface area contributed by atoms with E-state index in [1.165, 1.54) is 0 Å². The highest BCUT2D eigenvalue weighted by atomic mass is 35.5. The van der Waals surface area contributed by atoms with Gasteiger partial charge in [0.05, 0.1) is 0 Å². The van der Waals surface area contributed by atoms with Crippen LogP contribution in [0.3, 0.4) is 0 Å². The van der Waals surface area contributed by atoms with Gasteiger partial charge in [-0.2, -0.15) is 5.10 Å². The topological polar surface area (TPSA) is 62.7 Å². The molecule has 0 radical (unpaired) electrons. The van der Waals surface area contributed by atoms with Gasteiger partial charge in [-0.3, -0.25) is 14.5 Å². The molecule has 0 saturated carbocycles. The number of nitrogens with zero attached hydrogens (tertiary/aromatic N) is 2. The molecule has 0 aliphatic rings. The first-order valence-corrected chi connectivity index (χ1v) is 8.51. The monoisotopic (exact) mass is 372 g/mol. The average molecular weight is 373 g/mol. The molecule has 0 unspecified atom stereocenters. The molecule has 7 heteroatoms. The van der Waals surface area contributed by atoms with Crippen LogP contribution in [0.5, 0.6) is 0 Å². The molecule has 0 aliphatic heterocycles. The smallest absolute Gasteiger partial charge is 0.244 e. The third-order valence-corrected chi connectivity index (χ3v) is 4.63. The molecule has 128 valence electrons. The number of anilines is 1. The highest BCUT2D eigenvalue weighted by molar-refractivity contribution is 7.71. The summed E-state index contributed by atoms with van der Waals surface area (Å²) >= 11 is 11.4. The number of aryl methyl sites for hydroxylation is 1. The fraction of sp³-hybridized carbons (Fsp3) is 0.167. The lowest BCUT2D eigenvalue weighted by atomic mass is 10.1. The quantitative estimate of drug-likeness (QED) is 0.662. The number of benzene rings is 2. The Morgan fingerprint density at radius 1 is 1.24 bits per heavy atom. The van der Waals surface area contributed by atoms with Crippen LogP contribution in [0.15, 0.2) is 42.5 Å². The zero-order valence-corrected chi connectivity index (χ0v) is 15.4. The Balaban J connectivity index is 1.84. The molecule has 2 N–H and O–H groups in total. The Morgan fingerprint density at radius 3 is 2.68 bits per heavy atom. The molecule has 0 bridgehead atoms. The molecule has 2 aromatic carbocycles. The number of hydrogen-bond acceptors (Lipinski definition) is 3. The number of aromatic amines is 1. The minimum Gasteiger partial charge on any atom is -0.324 e. The van der Waals surface area contributed by atoms with E-state index in [2.05, 4.69) is 15.5 Å². The van der Waals surface area contributed by atoms with Gasteiger partial charge in [-0.1, -0.05) is 47.5 Å². The molecule has 3 rings (SSSR count). The van der Waals surface area contributed by atoms with Gasteiger partial charge in [-0.05, 0) is 43.8 Å². The standard InChI is InChI=1S/C18H17ClN4OS/c1-11-6-8-13(9-7-11)17-21-22-18(25)23(17)10-16(24)20-15-5-3-4-14(19)12(15)2/h3-9H,10H2,1-2H3,(H,20,24)(H,22,25). The van der Waals surface area contributed by atoms with Gasteiger partial charge in [0.15, 0.2) is 10.6 Å². The Bertz CT molecular complexity index is 975. The molecule has 25 heavy (non-hydrogen) atoms. The molecule has 1 heterocycles. The van der Waals surface area contributed by atoms with Crippen molar-refractivity contribution in [2.75, 3.05) is 5.32 Å². The van der Waals surface area contributed by atoms with Gasteiger partial charge in [0.1, 0.15) is 6.54 Å². The highest BCUT2D eigenvalue weighted by Gasteiger charge is 2.13. The number of rotatable bonds is 4. The third kappa shape index (κ3) is 3.81. The summed E-state index contributed by atoms with van der Waals surface area (Å²) in [6.07, 6.45) is 0. The van der Waals surface area contributed by atoms with Crippen LogP contribution in [0.2, 0.25) is 5.02 Å². The van der Waals surface area contributed by atoms with E-state index in [1.54, 1.807) is 16.7 Å². The predicted octanol–water partition coefficient (Wildman–Crippen LogP) is 4.52. The van der Waals surface area contributed by atoms with Gasteiger partial charge >= 0.3 is 0 Å². The number of carbonyl (C=O) groups excluding carboxylic acids is 1. The summed E-state index contributed by atoms with van der Waals surface area (Å²) in [7, 11) is 0. The molecule has 0 spiro atoms. The average Bonchev–Trinajstić information content (AvgIpc) is 2.93. The summed E-state index contributed by atoms with van der Waals surface area (Å²) in [4.78, 5) is 12.5. The van der Waals surface area contributed by atoms with E-state index < -0.39 is 0 Å². The van der Waals surface area contributed by atoms with Gasteiger partial charge in [0, 0.05) is 16.3 Å². The lowest BCUT2D eigenvalue weighted by Gasteiger charge is -2.11. The Kier molecular flexibility index (Phi) is 5.01. The van der Waals surface area contributed by atoms with E-state index in [4.69, 9.17) is 23.8 Å². The van der Waals surface area contributed by atoms with Crippen LogP contribution in [0.1, 0.15) is 11.1 Å². The summed E-state index contributed by atoms with van der Waals surface area (Å²) < 4.78 is 2.07. The van der Waals surface area contributed by atoms with Crippen molar-refractivity contribution < 1.29 is 4.79 Å². The van der Waals surface area contributed by atoms with Gasteiger partial charge < -0.3 is 5.32 Å². The van der Waals surface area contributed by atoms with Crippen LogP contribution in [-0.4, -0.2) is 20.7 Å². The summed E-state index contributed by atoms with van der Waals surface area (Å²) in [5.41, 5.74) is 3.56. The predicted molar refractivity (Wildman–Crippen MR) is 102 cm³/mol. The van der Waals surface area contributed by atoms with Crippen molar-refractivity contribution in [2.24, 2.45) is 0 Å². The second-order valence-corrected chi connectivity index (χ2v) is 6.56. The first-order chi connectivity index (χ1) is 12.0. The zero-order valence-electron chi connectivity index (χ0n) is 13.8. The van der Waals surface area contributed by atoms with E-state index in [0.717, 1.165) is 16.7 Å². The van der Waals surface area contributed by atoms with Crippen molar-refractivity contribution in [3.05, 3.63) is 63.4 Å². The molecule has 0 aliphatic carbocycles. The van der Waals surface area contributed by atoms with Gasteiger partial charge in [-0.15, -0.1) is 0 Å². The van der Waals surface area contributed by atoms with Crippen molar-refractivity contribution in [1.29, 1.82) is 0 Å². The zero-order chi connectivity index (χ0) is 18.0. The van der Waals surface area contributed by atoms with Gasteiger partial charge in [-0.25, -0.2) is 0 Å². The molecule has 0 fully saturated rings. The maximum atomic E-state index is 12.5. The number of halogens is 1. The van der Waals surface area contributed by atoms with Crippen molar-refractivity contribution in [1.82, 2.24) is 14.8 Å². The molecule has 5 nitrogen and oxygen atoms in total. The molecule has 3 aromatic rings. The first kappa shape index (κ1) is 17.4. The maximum Gasteiger partial charge on any atom is 0.244 e. The number of hydrogen-bond donors (Lipinski definition) is 2. The van der Waals surface area contributed by atoms with Crippen molar-refractivity contribution in [3.8, 4) is 11.4 Å². The van der Waals surface area contributed by atoms with Crippen LogP contribution in [0, 0.1) is 18.6 Å². The van der Waals surface area contributed by atoms with Gasteiger partial charge in [0.25, 0.3) is 0 Å². The number of carbonyl (C=O) groups is 1. The lowest BCUT2D eigenvalue weighted by molar-refractivity contribution is -0.116. The fourth-order valence-electron chi connectivity index (χ4n) is 2.46.